The fourth-order valence-corrected chi connectivity index (χ4v) is 0.821. The van der Waals surface area contributed by atoms with Gasteiger partial charge in [0.25, 0.3) is 0 Å². The molecule has 0 spiro atoms. The molecule has 0 aliphatic rings. The Morgan fingerprint density at radius 2 is 2.25 bits per heavy atom. The number of carbonyl (C=O) groups excluding carboxylic acids is 1. The lowest BCUT2D eigenvalue weighted by atomic mass is 10.2. The number of nitrogens with zero attached hydrogens (tertiary/aromatic N) is 1. The topological polar surface area (TPSA) is 48.4 Å². The van der Waals surface area contributed by atoms with E-state index in [1.54, 1.807) is 6.07 Å². The molecule has 0 saturated carbocycles. The molecule has 0 aromatic carbocycles. The van der Waals surface area contributed by atoms with Gasteiger partial charge in [0.05, 0.1) is 20.4 Å². The summed E-state index contributed by atoms with van der Waals surface area (Å²) in [6.07, 6.45) is 2.97. The highest BCUT2D eigenvalue weighted by molar-refractivity contribution is 5.92. The standard InChI is InChI=1S/C8H9NO3/c1-11-7-5-9-4-3-6(7)8(10)12-2/h3-5H,1-2H3. The van der Waals surface area contributed by atoms with E-state index in [9.17, 15) is 4.79 Å². The number of methoxy groups -OCH3 is 2. The minimum Gasteiger partial charge on any atom is -0.494 e. The summed E-state index contributed by atoms with van der Waals surface area (Å²) in [5.74, 6) is -0.00130. The molecule has 12 heavy (non-hydrogen) atoms. The van der Waals surface area contributed by atoms with Gasteiger partial charge in [0.1, 0.15) is 5.56 Å². The summed E-state index contributed by atoms with van der Waals surface area (Å²) < 4.78 is 9.44. The summed E-state index contributed by atoms with van der Waals surface area (Å²) >= 11 is 0. The monoisotopic (exact) mass is 167 g/mol. The van der Waals surface area contributed by atoms with Crippen molar-refractivity contribution in [2.45, 2.75) is 0 Å². The van der Waals surface area contributed by atoms with Gasteiger partial charge in [-0.25, -0.2) is 4.79 Å². The van der Waals surface area contributed by atoms with E-state index in [4.69, 9.17) is 4.74 Å². The number of carbonyl (C=O) groups is 1. The second kappa shape index (κ2) is 3.71. The van der Waals surface area contributed by atoms with E-state index in [0.717, 1.165) is 0 Å². The summed E-state index contributed by atoms with van der Waals surface area (Å²) in [6, 6.07) is 1.55. The van der Waals surface area contributed by atoms with Crippen LogP contribution in [-0.4, -0.2) is 25.2 Å². The molecule has 0 unspecified atom stereocenters. The number of pyridine rings is 1. The van der Waals surface area contributed by atoms with Crippen molar-refractivity contribution >= 4 is 5.97 Å². The molecule has 0 N–H and O–H groups in total. The van der Waals surface area contributed by atoms with Crippen LogP contribution in [0.15, 0.2) is 18.5 Å². The second-order valence-electron chi connectivity index (χ2n) is 2.07. The van der Waals surface area contributed by atoms with Crippen LogP contribution >= 0.6 is 0 Å². The number of esters is 1. The first-order valence-electron chi connectivity index (χ1n) is 3.36. The first-order valence-corrected chi connectivity index (χ1v) is 3.36. The Labute approximate surface area is 70.1 Å². The molecule has 0 radical (unpaired) electrons. The Morgan fingerprint density at radius 3 is 2.83 bits per heavy atom. The van der Waals surface area contributed by atoms with Crippen molar-refractivity contribution in [1.29, 1.82) is 0 Å². The predicted molar refractivity (Wildman–Crippen MR) is 42.1 cm³/mol. The summed E-state index contributed by atoms with van der Waals surface area (Å²) in [6.45, 7) is 0. The van der Waals surface area contributed by atoms with Gasteiger partial charge in [0, 0.05) is 6.20 Å². The average molecular weight is 167 g/mol. The molecule has 0 aliphatic carbocycles. The normalized spacial score (nSPS) is 9.17. The van der Waals surface area contributed by atoms with Crippen LogP contribution in [0.25, 0.3) is 0 Å². The van der Waals surface area contributed by atoms with Gasteiger partial charge in [-0.3, -0.25) is 4.98 Å². The van der Waals surface area contributed by atoms with Crippen LogP contribution in [0.3, 0.4) is 0 Å². The number of hydrogen-bond donors (Lipinski definition) is 0. The predicted octanol–water partition coefficient (Wildman–Crippen LogP) is 0.877. The van der Waals surface area contributed by atoms with Crippen LogP contribution in [0.1, 0.15) is 10.4 Å². The minimum absolute atomic E-state index is 0.384. The average Bonchev–Trinajstić information content (AvgIpc) is 2.16. The Kier molecular flexibility index (Phi) is 2.63. The molecule has 1 aromatic rings. The Balaban J connectivity index is 3.04. The highest BCUT2D eigenvalue weighted by Gasteiger charge is 2.10. The quantitative estimate of drug-likeness (QED) is 0.613. The smallest absolute Gasteiger partial charge is 0.341 e. The summed E-state index contributed by atoms with van der Waals surface area (Å²) in [7, 11) is 2.80. The van der Waals surface area contributed by atoms with Crippen LogP contribution < -0.4 is 4.74 Å². The third-order valence-corrected chi connectivity index (χ3v) is 1.41. The van der Waals surface area contributed by atoms with Crippen molar-refractivity contribution in [1.82, 2.24) is 4.98 Å². The summed E-state index contributed by atoms with van der Waals surface area (Å²) in [4.78, 5) is 14.9. The minimum atomic E-state index is -0.422. The number of aromatic nitrogens is 1. The lowest BCUT2D eigenvalue weighted by molar-refractivity contribution is 0.0597. The van der Waals surface area contributed by atoms with E-state index in [-0.39, 0.29) is 0 Å². The molecule has 0 bridgehead atoms. The van der Waals surface area contributed by atoms with E-state index in [0.29, 0.717) is 11.3 Å². The van der Waals surface area contributed by atoms with Crippen LogP contribution in [0.5, 0.6) is 5.75 Å². The molecule has 0 atom stereocenters. The van der Waals surface area contributed by atoms with Gasteiger partial charge >= 0.3 is 5.97 Å². The van der Waals surface area contributed by atoms with Crippen LogP contribution in [0.2, 0.25) is 0 Å². The third kappa shape index (κ3) is 1.53. The zero-order chi connectivity index (χ0) is 8.97. The van der Waals surface area contributed by atoms with Crippen molar-refractivity contribution in [3.63, 3.8) is 0 Å². The van der Waals surface area contributed by atoms with Gasteiger partial charge < -0.3 is 9.47 Å². The van der Waals surface area contributed by atoms with E-state index in [1.807, 2.05) is 0 Å². The Bertz CT molecular complexity index is 285. The highest BCUT2D eigenvalue weighted by Crippen LogP contribution is 2.15. The molecular weight excluding hydrogens is 158 g/mol. The molecule has 1 rings (SSSR count). The number of rotatable bonds is 2. The maximum Gasteiger partial charge on any atom is 0.341 e. The van der Waals surface area contributed by atoms with Gasteiger partial charge in [0.15, 0.2) is 5.75 Å². The van der Waals surface area contributed by atoms with Crippen LogP contribution in [0.4, 0.5) is 0 Å². The van der Waals surface area contributed by atoms with Crippen LogP contribution in [0, 0.1) is 0 Å². The van der Waals surface area contributed by atoms with Crippen molar-refractivity contribution in [3.05, 3.63) is 24.0 Å². The lowest BCUT2D eigenvalue weighted by Crippen LogP contribution is -2.03. The van der Waals surface area contributed by atoms with Crippen molar-refractivity contribution in [3.8, 4) is 5.75 Å². The van der Waals surface area contributed by atoms with Gasteiger partial charge in [-0.15, -0.1) is 0 Å². The Morgan fingerprint density at radius 1 is 1.50 bits per heavy atom. The van der Waals surface area contributed by atoms with Crippen molar-refractivity contribution in [2.75, 3.05) is 14.2 Å². The van der Waals surface area contributed by atoms with Gasteiger partial charge in [-0.05, 0) is 6.07 Å². The molecule has 0 aliphatic heterocycles. The van der Waals surface area contributed by atoms with Crippen LogP contribution in [-0.2, 0) is 4.74 Å². The largest absolute Gasteiger partial charge is 0.494 e. The maximum absolute atomic E-state index is 11.1. The molecule has 1 aromatic heterocycles. The maximum atomic E-state index is 11.1. The summed E-state index contributed by atoms with van der Waals surface area (Å²) in [5, 5.41) is 0. The lowest BCUT2D eigenvalue weighted by Gasteiger charge is -2.04. The van der Waals surface area contributed by atoms with E-state index in [1.165, 1.54) is 26.6 Å². The molecule has 0 amide bonds. The summed E-state index contributed by atoms with van der Waals surface area (Å²) in [5.41, 5.74) is 0.384. The fourth-order valence-electron chi connectivity index (χ4n) is 0.821. The number of ether oxygens (including phenoxy) is 2. The third-order valence-electron chi connectivity index (χ3n) is 1.41. The van der Waals surface area contributed by atoms with E-state index < -0.39 is 5.97 Å². The zero-order valence-electron chi connectivity index (χ0n) is 6.90. The second-order valence-corrected chi connectivity index (χ2v) is 2.07. The molecule has 4 nitrogen and oxygen atoms in total. The molecular formula is C8H9NO3. The zero-order valence-corrected chi connectivity index (χ0v) is 6.90. The first kappa shape index (κ1) is 8.52. The molecule has 1 heterocycles. The first-order chi connectivity index (χ1) is 5.79. The van der Waals surface area contributed by atoms with Gasteiger partial charge in [-0.2, -0.15) is 0 Å². The fraction of sp³-hybridized carbons (Fsp3) is 0.250. The van der Waals surface area contributed by atoms with Crippen molar-refractivity contribution in [2.24, 2.45) is 0 Å². The Hall–Kier alpha value is -1.58. The highest BCUT2D eigenvalue weighted by atomic mass is 16.5. The van der Waals surface area contributed by atoms with Gasteiger partial charge in [0.2, 0.25) is 0 Å². The van der Waals surface area contributed by atoms with Gasteiger partial charge in [-0.1, -0.05) is 0 Å². The van der Waals surface area contributed by atoms with E-state index in [2.05, 4.69) is 9.72 Å². The van der Waals surface area contributed by atoms with E-state index >= 15 is 0 Å². The molecule has 64 valence electrons. The molecule has 0 fully saturated rings. The number of hydrogen-bond acceptors (Lipinski definition) is 4. The van der Waals surface area contributed by atoms with Crippen molar-refractivity contribution < 1.29 is 14.3 Å². The SMILES string of the molecule is COC(=O)c1ccncc1OC. The molecule has 0 saturated heterocycles. The molecule has 4 heteroatoms.